The van der Waals surface area contributed by atoms with E-state index in [4.69, 9.17) is 28.9 Å². The first-order valence-electron chi connectivity index (χ1n) is 5.63. The Balaban J connectivity index is 2.54. The van der Waals surface area contributed by atoms with Crippen molar-refractivity contribution in [3.8, 4) is 0 Å². The van der Waals surface area contributed by atoms with Gasteiger partial charge in [0, 0.05) is 18.3 Å². The number of nitrogens with two attached hydrogens (primary N) is 1. The lowest BCUT2D eigenvalue weighted by molar-refractivity contribution is 0.728. The van der Waals surface area contributed by atoms with E-state index in [0.29, 0.717) is 10.0 Å². The van der Waals surface area contributed by atoms with Crippen LogP contribution in [0.4, 0.5) is 0 Å². The third-order valence-corrected chi connectivity index (χ3v) is 4.03. The lowest BCUT2D eigenvalue weighted by atomic mass is 9.98. The van der Waals surface area contributed by atoms with Gasteiger partial charge in [0.1, 0.15) is 0 Å². The van der Waals surface area contributed by atoms with Crippen molar-refractivity contribution in [2.24, 2.45) is 12.8 Å². The Hall–Kier alpha value is -1.03. The summed E-state index contributed by atoms with van der Waals surface area (Å²) in [4.78, 5) is 0. The monoisotopic (exact) mass is 283 g/mol. The molecule has 5 heteroatoms. The van der Waals surface area contributed by atoms with Crippen molar-refractivity contribution in [2.45, 2.75) is 19.9 Å². The summed E-state index contributed by atoms with van der Waals surface area (Å²) in [5.41, 5.74) is 10.1. The maximum atomic E-state index is 6.30. The molecule has 0 radical (unpaired) electrons. The maximum Gasteiger partial charge on any atom is 0.0647 e. The summed E-state index contributed by atoms with van der Waals surface area (Å²) in [5, 5.41) is 5.40. The number of rotatable bonds is 2. The van der Waals surface area contributed by atoms with Crippen LogP contribution in [0.1, 0.15) is 28.6 Å². The quantitative estimate of drug-likeness (QED) is 0.918. The predicted octanol–water partition coefficient (Wildman–Crippen LogP) is 3.39. The second-order valence-electron chi connectivity index (χ2n) is 4.33. The highest BCUT2D eigenvalue weighted by Gasteiger charge is 2.21. The van der Waals surface area contributed by atoms with Crippen LogP contribution in [0, 0.1) is 13.8 Å². The Morgan fingerprint density at radius 1 is 1.28 bits per heavy atom. The van der Waals surface area contributed by atoms with E-state index in [0.717, 1.165) is 22.5 Å². The summed E-state index contributed by atoms with van der Waals surface area (Å²) in [6.45, 7) is 3.94. The van der Waals surface area contributed by atoms with Crippen molar-refractivity contribution in [2.75, 3.05) is 0 Å². The van der Waals surface area contributed by atoms with E-state index < -0.39 is 0 Å². The third-order valence-electron chi connectivity index (χ3n) is 3.19. The van der Waals surface area contributed by atoms with Crippen LogP contribution in [0.15, 0.2) is 18.2 Å². The minimum atomic E-state index is -0.315. The van der Waals surface area contributed by atoms with E-state index in [1.807, 2.05) is 37.7 Å². The van der Waals surface area contributed by atoms with Gasteiger partial charge >= 0.3 is 0 Å². The summed E-state index contributed by atoms with van der Waals surface area (Å²) in [6, 6.07) is 5.18. The molecule has 18 heavy (non-hydrogen) atoms. The SMILES string of the molecule is Cc1nn(C)c(C)c1C(N)c1cccc(Cl)c1Cl. The van der Waals surface area contributed by atoms with Crippen LogP contribution < -0.4 is 5.73 Å². The van der Waals surface area contributed by atoms with E-state index in [-0.39, 0.29) is 6.04 Å². The Bertz CT molecular complexity index is 590. The first kappa shape index (κ1) is 13.4. The van der Waals surface area contributed by atoms with Crippen LogP contribution in [0.5, 0.6) is 0 Å². The molecule has 0 fully saturated rings. The van der Waals surface area contributed by atoms with Gasteiger partial charge in [0.15, 0.2) is 0 Å². The Morgan fingerprint density at radius 2 is 1.94 bits per heavy atom. The van der Waals surface area contributed by atoms with E-state index in [1.165, 1.54) is 0 Å². The minimum Gasteiger partial charge on any atom is -0.320 e. The van der Waals surface area contributed by atoms with Crippen LogP contribution >= 0.6 is 23.2 Å². The summed E-state index contributed by atoms with van der Waals surface area (Å²) in [5.74, 6) is 0. The summed E-state index contributed by atoms with van der Waals surface area (Å²) >= 11 is 12.2. The summed E-state index contributed by atoms with van der Waals surface area (Å²) < 4.78 is 1.82. The highest BCUT2D eigenvalue weighted by Crippen LogP contribution is 2.33. The van der Waals surface area contributed by atoms with Gasteiger partial charge in [-0.25, -0.2) is 0 Å². The normalized spacial score (nSPS) is 12.8. The fourth-order valence-electron chi connectivity index (χ4n) is 2.16. The molecular formula is C13H15Cl2N3. The van der Waals surface area contributed by atoms with Crippen molar-refractivity contribution < 1.29 is 0 Å². The maximum absolute atomic E-state index is 6.30. The molecule has 2 aromatic rings. The number of hydrogen-bond acceptors (Lipinski definition) is 2. The van der Waals surface area contributed by atoms with Gasteiger partial charge in [-0.1, -0.05) is 35.3 Å². The number of aromatic nitrogens is 2. The molecule has 0 spiro atoms. The molecule has 1 heterocycles. The highest BCUT2D eigenvalue weighted by atomic mass is 35.5. The number of hydrogen-bond donors (Lipinski definition) is 1. The molecule has 3 nitrogen and oxygen atoms in total. The molecule has 1 aromatic heterocycles. The van der Waals surface area contributed by atoms with Gasteiger partial charge in [0.2, 0.25) is 0 Å². The number of nitrogens with zero attached hydrogens (tertiary/aromatic N) is 2. The fraction of sp³-hybridized carbons (Fsp3) is 0.308. The Morgan fingerprint density at radius 3 is 2.50 bits per heavy atom. The average molecular weight is 284 g/mol. The van der Waals surface area contributed by atoms with Crippen molar-refractivity contribution in [1.29, 1.82) is 0 Å². The molecule has 0 amide bonds. The summed E-state index contributed by atoms with van der Waals surface area (Å²) in [7, 11) is 1.90. The average Bonchev–Trinajstić information content (AvgIpc) is 2.56. The molecule has 0 aliphatic heterocycles. The molecule has 0 saturated heterocycles. The van der Waals surface area contributed by atoms with E-state index in [2.05, 4.69) is 5.10 Å². The number of halogens is 2. The van der Waals surface area contributed by atoms with Crippen LogP contribution in [0.2, 0.25) is 10.0 Å². The highest BCUT2D eigenvalue weighted by molar-refractivity contribution is 6.42. The first-order chi connectivity index (χ1) is 8.43. The fourth-order valence-corrected chi connectivity index (χ4v) is 2.58. The molecule has 0 aliphatic carbocycles. The molecule has 0 bridgehead atoms. The topological polar surface area (TPSA) is 43.8 Å². The van der Waals surface area contributed by atoms with Gasteiger partial charge in [0.05, 0.1) is 21.8 Å². The summed E-state index contributed by atoms with van der Waals surface area (Å²) in [6.07, 6.45) is 0. The van der Waals surface area contributed by atoms with Crippen LogP contribution in [0.3, 0.4) is 0 Å². The molecule has 2 rings (SSSR count). The molecule has 1 unspecified atom stereocenters. The Kier molecular flexibility index (Phi) is 3.66. The molecule has 1 aromatic carbocycles. The van der Waals surface area contributed by atoms with Crippen molar-refractivity contribution >= 4 is 23.2 Å². The largest absolute Gasteiger partial charge is 0.320 e. The van der Waals surface area contributed by atoms with Crippen LogP contribution in [-0.4, -0.2) is 9.78 Å². The number of benzene rings is 1. The first-order valence-corrected chi connectivity index (χ1v) is 6.38. The molecule has 96 valence electrons. The van der Waals surface area contributed by atoms with Crippen molar-refractivity contribution in [3.05, 3.63) is 50.8 Å². The predicted molar refractivity (Wildman–Crippen MR) is 75.2 cm³/mol. The third kappa shape index (κ3) is 2.14. The van der Waals surface area contributed by atoms with Crippen molar-refractivity contribution in [3.63, 3.8) is 0 Å². The van der Waals surface area contributed by atoms with E-state index in [9.17, 15) is 0 Å². The standard InChI is InChI=1S/C13H15Cl2N3/c1-7-11(8(2)18(3)17-7)13(16)9-5-4-6-10(14)12(9)15/h4-6,13H,16H2,1-3H3. The van der Waals surface area contributed by atoms with Gasteiger partial charge in [0.25, 0.3) is 0 Å². The van der Waals surface area contributed by atoms with E-state index in [1.54, 1.807) is 6.07 Å². The van der Waals surface area contributed by atoms with E-state index >= 15 is 0 Å². The minimum absolute atomic E-state index is 0.315. The van der Waals surface area contributed by atoms with Gasteiger partial charge in [-0.05, 0) is 25.5 Å². The van der Waals surface area contributed by atoms with Gasteiger partial charge in [-0.15, -0.1) is 0 Å². The molecule has 1 atom stereocenters. The molecule has 2 N–H and O–H groups in total. The zero-order valence-corrected chi connectivity index (χ0v) is 12.0. The van der Waals surface area contributed by atoms with Crippen LogP contribution in [-0.2, 0) is 7.05 Å². The zero-order chi connectivity index (χ0) is 13.4. The van der Waals surface area contributed by atoms with Crippen LogP contribution in [0.25, 0.3) is 0 Å². The number of aryl methyl sites for hydroxylation is 2. The Labute approximate surface area is 117 Å². The molecule has 0 aliphatic rings. The second-order valence-corrected chi connectivity index (χ2v) is 5.11. The van der Waals surface area contributed by atoms with Crippen molar-refractivity contribution in [1.82, 2.24) is 9.78 Å². The lowest BCUT2D eigenvalue weighted by Gasteiger charge is -2.15. The smallest absolute Gasteiger partial charge is 0.0647 e. The van der Waals surface area contributed by atoms with Gasteiger partial charge < -0.3 is 5.73 Å². The molecule has 0 saturated carbocycles. The van der Waals surface area contributed by atoms with Gasteiger partial charge in [-0.2, -0.15) is 5.10 Å². The molecular weight excluding hydrogens is 269 g/mol. The van der Waals surface area contributed by atoms with Gasteiger partial charge in [-0.3, -0.25) is 4.68 Å². The zero-order valence-electron chi connectivity index (χ0n) is 10.5. The lowest BCUT2D eigenvalue weighted by Crippen LogP contribution is -2.14. The second kappa shape index (κ2) is 4.92.